The highest BCUT2D eigenvalue weighted by molar-refractivity contribution is 6.34. The molecule has 1 aromatic heterocycles. The van der Waals surface area contributed by atoms with Crippen LogP contribution in [0.4, 0.5) is 11.4 Å². The first kappa shape index (κ1) is 25.1. The Balaban J connectivity index is 1.69. The molecule has 4 aromatic rings. The van der Waals surface area contributed by atoms with E-state index in [1.807, 2.05) is 74.4 Å². The monoisotopic (exact) mass is 501 g/mol. The van der Waals surface area contributed by atoms with Gasteiger partial charge in [-0.2, -0.15) is 0 Å². The standard InChI is InChI=1S/C29H28ClN3O3/c1-20(21-10-5-4-6-11-21)33(29(35)27-14-9-17-36-27)19-22-18-23(15-16-26(22)32(2)3)31-28(34)24-12-7-8-13-25(24)30/h4-18,20H,19H2,1-3H3,(H,31,34)/t20-/m0/s1. The molecule has 0 saturated carbocycles. The van der Waals surface area contributed by atoms with Crippen molar-refractivity contribution in [2.45, 2.75) is 19.5 Å². The maximum absolute atomic E-state index is 13.5. The van der Waals surface area contributed by atoms with E-state index in [-0.39, 0.29) is 23.6 Å². The van der Waals surface area contributed by atoms with Crippen molar-refractivity contribution in [2.75, 3.05) is 24.3 Å². The quantitative estimate of drug-likeness (QED) is 0.293. The van der Waals surface area contributed by atoms with Crippen LogP contribution in [0, 0.1) is 0 Å². The first-order valence-electron chi connectivity index (χ1n) is 11.6. The molecule has 0 radical (unpaired) electrons. The van der Waals surface area contributed by atoms with E-state index in [0.29, 0.717) is 22.8 Å². The average molecular weight is 502 g/mol. The summed E-state index contributed by atoms with van der Waals surface area (Å²) in [4.78, 5) is 30.1. The third kappa shape index (κ3) is 5.61. The maximum Gasteiger partial charge on any atom is 0.290 e. The summed E-state index contributed by atoms with van der Waals surface area (Å²) in [6.45, 7) is 2.30. The summed E-state index contributed by atoms with van der Waals surface area (Å²) in [5, 5.41) is 3.31. The highest BCUT2D eigenvalue weighted by Crippen LogP contribution is 2.30. The van der Waals surface area contributed by atoms with Crippen molar-refractivity contribution < 1.29 is 14.0 Å². The van der Waals surface area contributed by atoms with Crippen molar-refractivity contribution in [3.8, 4) is 0 Å². The minimum absolute atomic E-state index is 0.216. The molecule has 2 amide bonds. The molecule has 0 fully saturated rings. The van der Waals surface area contributed by atoms with Gasteiger partial charge in [0.1, 0.15) is 0 Å². The van der Waals surface area contributed by atoms with Crippen molar-refractivity contribution in [2.24, 2.45) is 0 Å². The zero-order valence-electron chi connectivity index (χ0n) is 20.4. The van der Waals surface area contributed by atoms with Crippen LogP contribution in [0.25, 0.3) is 0 Å². The molecule has 6 nitrogen and oxygen atoms in total. The Morgan fingerprint density at radius 3 is 2.33 bits per heavy atom. The number of nitrogens with zero attached hydrogens (tertiary/aromatic N) is 2. The van der Waals surface area contributed by atoms with E-state index in [1.165, 1.54) is 6.26 Å². The second kappa shape index (κ2) is 11.1. The van der Waals surface area contributed by atoms with Crippen molar-refractivity contribution in [3.63, 3.8) is 0 Å². The lowest BCUT2D eigenvalue weighted by Crippen LogP contribution is -2.33. The maximum atomic E-state index is 13.5. The first-order chi connectivity index (χ1) is 17.3. The van der Waals surface area contributed by atoms with Crippen LogP contribution in [0.15, 0.2) is 95.6 Å². The van der Waals surface area contributed by atoms with Crippen LogP contribution in [0.2, 0.25) is 5.02 Å². The zero-order chi connectivity index (χ0) is 25.7. The molecule has 0 aliphatic heterocycles. The lowest BCUT2D eigenvalue weighted by atomic mass is 10.0. The lowest BCUT2D eigenvalue weighted by Gasteiger charge is -2.31. The highest BCUT2D eigenvalue weighted by Gasteiger charge is 2.26. The number of hydrogen-bond donors (Lipinski definition) is 1. The molecule has 0 unspecified atom stereocenters. The number of furan rings is 1. The smallest absolute Gasteiger partial charge is 0.290 e. The van der Waals surface area contributed by atoms with Crippen molar-refractivity contribution in [1.29, 1.82) is 0 Å². The number of carbonyl (C=O) groups is 2. The number of nitrogens with one attached hydrogen (secondary N) is 1. The van der Waals surface area contributed by atoms with Gasteiger partial charge in [-0.25, -0.2) is 0 Å². The fraction of sp³-hybridized carbons (Fsp3) is 0.172. The van der Waals surface area contributed by atoms with Gasteiger partial charge < -0.3 is 19.5 Å². The van der Waals surface area contributed by atoms with E-state index < -0.39 is 0 Å². The summed E-state index contributed by atoms with van der Waals surface area (Å²) in [5.74, 6) is -0.246. The topological polar surface area (TPSA) is 65.8 Å². The van der Waals surface area contributed by atoms with Crippen molar-refractivity contribution in [3.05, 3.63) is 119 Å². The summed E-state index contributed by atoms with van der Waals surface area (Å²) in [5.41, 5.74) is 3.82. The molecule has 0 aliphatic carbocycles. The van der Waals surface area contributed by atoms with Gasteiger partial charge >= 0.3 is 0 Å². The zero-order valence-corrected chi connectivity index (χ0v) is 21.2. The molecule has 184 valence electrons. The Morgan fingerprint density at radius 2 is 1.67 bits per heavy atom. The van der Waals surface area contributed by atoms with Crippen LogP contribution in [-0.2, 0) is 6.54 Å². The Bertz CT molecular complexity index is 1340. The summed E-state index contributed by atoms with van der Waals surface area (Å²) in [6, 6.07) is 25.6. The van der Waals surface area contributed by atoms with Gasteiger partial charge in [-0.15, -0.1) is 0 Å². The van der Waals surface area contributed by atoms with E-state index in [4.69, 9.17) is 16.0 Å². The van der Waals surface area contributed by atoms with E-state index in [9.17, 15) is 9.59 Å². The summed E-state index contributed by atoms with van der Waals surface area (Å²) in [7, 11) is 3.89. The van der Waals surface area contributed by atoms with Gasteiger partial charge in [-0.05, 0) is 60.5 Å². The third-order valence-electron chi connectivity index (χ3n) is 6.02. The minimum Gasteiger partial charge on any atom is -0.459 e. The molecule has 1 heterocycles. The SMILES string of the molecule is C[C@@H](c1ccccc1)N(Cc1cc(NC(=O)c2ccccc2Cl)ccc1N(C)C)C(=O)c1ccco1. The van der Waals surface area contributed by atoms with Crippen molar-refractivity contribution >= 4 is 34.8 Å². The van der Waals surface area contributed by atoms with E-state index in [2.05, 4.69) is 5.32 Å². The molecular formula is C29H28ClN3O3. The fourth-order valence-corrected chi connectivity index (χ4v) is 4.31. The van der Waals surface area contributed by atoms with E-state index in [1.54, 1.807) is 41.3 Å². The Kier molecular flexibility index (Phi) is 7.76. The van der Waals surface area contributed by atoms with Gasteiger partial charge in [0.05, 0.1) is 22.9 Å². The van der Waals surface area contributed by atoms with Gasteiger partial charge in [0.2, 0.25) is 0 Å². The van der Waals surface area contributed by atoms with Gasteiger partial charge in [-0.1, -0.05) is 54.1 Å². The average Bonchev–Trinajstić information content (AvgIpc) is 3.42. The van der Waals surface area contributed by atoms with Gasteiger partial charge in [0.15, 0.2) is 5.76 Å². The predicted molar refractivity (Wildman–Crippen MR) is 144 cm³/mol. The predicted octanol–water partition coefficient (Wildman–Crippen LogP) is 6.65. The summed E-state index contributed by atoms with van der Waals surface area (Å²) < 4.78 is 5.44. The van der Waals surface area contributed by atoms with Gasteiger partial charge in [0.25, 0.3) is 11.8 Å². The minimum atomic E-state index is -0.301. The number of rotatable bonds is 8. The highest BCUT2D eigenvalue weighted by atomic mass is 35.5. The van der Waals surface area contributed by atoms with Crippen LogP contribution in [0.1, 0.15) is 45.0 Å². The number of carbonyl (C=O) groups excluding carboxylic acids is 2. The van der Waals surface area contributed by atoms with Crippen LogP contribution in [0.3, 0.4) is 0 Å². The second-order valence-corrected chi connectivity index (χ2v) is 9.08. The first-order valence-corrected chi connectivity index (χ1v) is 12.0. The van der Waals surface area contributed by atoms with Crippen LogP contribution in [0.5, 0.6) is 0 Å². The lowest BCUT2D eigenvalue weighted by molar-refractivity contribution is 0.0641. The number of benzene rings is 3. The van der Waals surface area contributed by atoms with Crippen LogP contribution in [-0.4, -0.2) is 30.8 Å². The molecule has 0 saturated heterocycles. The molecule has 36 heavy (non-hydrogen) atoms. The largest absolute Gasteiger partial charge is 0.459 e. The normalized spacial score (nSPS) is 11.6. The molecule has 1 atom stereocenters. The van der Waals surface area contributed by atoms with E-state index >= 15 is 0 Å². The molecule has 4 rings (SSSR count). The Morgan fingerprint density at radius 1 is 0.944 bits per heavy atom. The fourth-order valence-electron chi connectivity index (χ4n) is 4.09. The molecule has 7 heteroatoms. The Labute approximate surface area is 216 Å². The molecule has 0 spiro atoms. The number of anilines is 2. The molecule has 0 bridgehead atoms. The molecular weight excluding hydrogens is 474 g/mol. The van der Waals surface area contributed by atoms with Crippen molar-refractivity contribution in [1.82, 2.24) is 4.90 Å². The van der Waals surface area contributed by atoms with Gasteiger partial charge in [0, 0.05) is 32.0 Å². The third-order valence-corrected chi connectivity index (χ3v) is 6.35. The molecule has 0 aliphatic rings. The summed E-state index contributed by atoms with van der Waals surface area (Å²) in [6.07, 6.45) is 1.49. The summed E-state index contributed by atoms with van der Waals surface area (Å²) >= 11 is 6.21. The molecule has 1 N–H and O–H groups in total. The number of halogens is 1. The second-order valence-electron chi connectivity index (χ2n) is 8.67. The van der Waals surface area contributed by atoms with Crippen LogP contribution < -0.4 is 10.2 Å². The van der Waals surface area contributed by atoms with Gasteiger partial charge in [-0.3, -0.25) is 9.59 Å². The molecule has 3 aromatic carbocycles. The van der Waals surface area contributed by atoms with E-state index in [0.717, 1.165) is 16.8 Å². The Hall–Kier alpha value is -4.03. The van der Waals surface area contributed by atoms with Crippen LogP contribution >= 0.6 is 11.6 Å². The number of hydrogen-bond acceptors (Lipinski definition) is 4. The number of amides is 2.